The zero-order valence-corrected chi connectivity index (χ0v) is 91.8. The van der Waals surface area contributed by atoms with Crippen molar-refractivity contribution >= 4 is 105 Å². The fourth-order valence-electron chi connectivity index (χ4n) is 29.0. The Morgan fingerprint density at radius 2 is 0.646 bits per heavy atom. The van der Waals surface area contributed by atoms with E-state index in [2.05, 4.69) is 134 Å². The molecule has 6 fully saturated rings. The quantitative estimate of drug-likeness (QED) is 0.0845. The molecule has 786 valence electrons. The molecule has 3 saturated heterocycles. The van der Waals surface area contributed by atoms with Crippen molar-refractivity contribution in [2.75, 3.05) is 133 Å². The summed E-state index contributed by atoms with van der Waals surface area (Å²) in [6.45, 7) is 38.9. The highest BCUT2D eigenvalue weighted by molar-refractivity contribution is 7.99. The maximum absolute atomic E-state index is 13.9. The first-order valence-electron chi connectivity index (χ1n) is 54.1. The Balaban J connectivity index is 0.000000137. The van der Waals surface area contributed by atoms with Crippen LogP contribution in [0.3, 0.4) is 0 Å². The third-order valence-electron chi connectivity index (χ3n) is 37.5. The van der Waals surface area contributed by atoms with E-state index in [0.717, 1.165) is 232 Å². The van der Waals surface area contributed by atoms with Gasteiger partial charge in [0.05, 0.1) is 73.9 Å². The van der Waals surface area contributed by atoms with Gasteiger partial charge in [-0.1, -0.05) is 135 Å². The van der Waals surface area contributed by atoms with Crippen LogP contribution in [0.5, 0.6) is 17.2 Å². The number of anilines is 3. The highest BCUT2D eigenvalue weighted by Gasteiger charge is 2.57. The molecule has 29 heteroatoms. The van der Waals surface area contributed by atoms with Gasteiger partial charge in [0.1, 0.15) is 17.2 Å². The summed E-state index contributed by atoms with van der Waals surface area (Å²) >= 11 is 19.4. The van der Waals surface area contributed by atoms with Crippen LogP contribution >= 0.6 is 34.8 Å². The van der Waals surface area contributed by atoms with Crippen molar-refractivity contribution in [2.45, 2.75) is 286 Å². The topological polar surface area (TPSA) is 280 Å². The van der Waals surface area contributed by atoms with Gasteiger partial charge in [0.15, 0.2) is 0 Å². The lowest BCUT2D eigenvalue weighted by molar-refractivity contribution is -0.128. The first-order valence-corrected chi connectivity index (χ1v) is 60.1. The maximum atomic E-state index is 13.9. The summed E-state index contributed by atoms with van der Waals surface area (Å²) in [5.74, 6) is 5.67. The summed E-state index contributed by atoms with van der Waals surface area (Å²) in [4.78, 5) is 55.2. The van der Waals surface area contributed by atoms with Crippen molar-refractivity contribution in [3.63, 3.8) is 0 Å². The second kappa shape index (κ2) is 40.3. The van der Waals surface area contributed by atoms with E-state index in [4.69, 9.17) is 49.0 Å². The Morgan fingerprint density at radius 1 is 0.361 bits per heavy atom. The third kappa shape index (κ3) is 21.6. The van der Waals surface area contributed by atoms with Crippen molar-refractivity contribution in [3.8, 4) is 17.2 Å². The van der Waals surface area contributed by atoms with E-state index in [1.165, 1.54) is 33.4 Å². The molecule has 9 aliphatic heterocycles. The smallest absolute Gasteiger partial charge is 0.264 e. The number of carbonyl (C=O) groups is 3. The van der Waals surface area contributed by atoms with E-state index in [1.54, 1.807) is 32.0 Å². The van der Waals surface area contributed by atoms with E-state index >= 15 is 0 Å². The SMILES string of the molecule is C=S1(=O)NC(=O)c2ccc3c(c2)N(C[C@@H]2CC[C@H]2[C@@](O)(CN2CC(C)(C)C2)CCC[C@H](C)[C@H]1C)C[C@@]1(CCCc2cc(Cl)ccc21)CO3.C[C@@H]1[C@@H](C)CCC[C@@](O)(CN2CC(C)(C)C2)[C@@H]2CC[C@H]2CN2C[C@@]3(CCCc4cc(Cl)ccc43)COc3ccc(cc32)C(=O)NS1(=O)=O.C[C@@H]1[C@@H](C)CCC[C@@](O)(CN2CC(C)(C)C2)[C@@H]2CC[C@H]2CN2C[C@@]3(CCCc4cc(Cl)ccc43)COc3ccc(cc32)C(=O)NS1(=O)=O. The van der Waals surface area contributed by atoms with Gasteiger partial charge in [0, 0.05) is 151 Å². The lowest BCUT2D eigenvalue weighted by Gasteiger charge is -2.54. The minimum absolute atomic E-state index is 0.0768. The first-order chi connectivity index (χ1) is 68.0. The van der Waals surface area contributed by atoms with Gasteiger partial charge in [-0.2, -0.15) is 0 Å². The average molecular weight is 2090 g/mol. The Labute approximate surface area is 872 Å². The number of nitrogens with zero attached hydrogens (tertiary/aromatic N) is 6. The molecular weight excluding hydrogens is 1930 g/mol. The van der Waals surface area contributed by atoms with Gasteiger partial charge in [-0.3, -0.25) is 33.8 Å². The maximum Gasteiger partial charge on any atom is 0.264 e. The number of carbonyl (C=O) groups excluding carboxylic acids is 3. The van der Waals surface area contributed by atoms with Crippen molar-refractivity contribution in [1.82, 2.24) is 28.9 Å². The van der Waals surface area contributed by atoms with Crippen LogP contribution in [-0.4, -0.2) is 225 Å². The van der Waals surface area contributed by atoms with Crippen molar-refractivity contribution in [1.29, 1.82) is 0 Å². The molecule has 144 heavy (non-hydrogen) atoms. The van der Waals surface area contributed by atoms with Gasteiger partial charge in [-0.25, -0.2) is 30.5 Å². The number of fused-ring (bicyclic) bond motifs is 12. The summed E-state index contributed by atoms with van der Waals surface area (Å²) in [7, 11) is -10.8. The van der Waals surface area contributed by atoms with Crippen LogP contribution in [0.1, 0.15) is 282 Å². The van der Waals surface area contributed by atoms with Crippen LogP contribution < -0.4 is 43.1 Å². The number of aryl methyl sites for hydroxylation is 3. The molecule has 6 aliphatic carbocycles. The molecular formula is C115H158Cl3N9O14S3. The zero-order valence-electron chi connectivity index (χ0n) is 87.1. The summed E-state index contributed by atoms with van der Waals surface area (Å²) in [5.41, 5.74) is 8.77. The highest BCUT2D eigenvalue weighted by Crippen LogP contribution is 2.56. The predicted molar refractivity (Wildman–Crippen MR) is 578 cm³/mol. The van der Waals surface area contributed by atoms with Gasteiger partial charge in [0.25, 0.3) is 17.7 Å². The summed E-state index contributed by atoms with van der Waals surface area (Å²) in [6, 6.07) is 35.0. The van der Waals surface area contributed by atoms with Crippen LogP contribution in [0.25, 0.3) is 0 Å². The van der Waals surface area contributed by atoms with Crippen molar-refractivity contribution in [3.05, 3.63) is 174 Å². The first kappa shape index (κ1) is 106. The number of likely N-dealkylation sites (tertiary alicyclic amines) is 3. The molecule has 0 aromatic heterocycles. The minimum Gasteiger partial charge on any atom is -0.490 e. The molecule has 19 atom stereocenters. The molecule has 3 saturated carbocycles. The van der Waals surface area contributed by atoms with Crippen LogP contribution in [0, 0.1) is 69.5 Å². The van der Waals surface area contributed by atoms with Gasteiger partial charge >= 0.3 is 0 Å². The lowest BCUT2D eigenvalue weighted by Crippen LogP contribution is -2.62. The number of halogens is 3. The fourth-order valence-corrected chi connectivity index (χ4v) is 33.7. The predicted octanol–water partition coefficient (Wildman–Crippen LogP) is 18.8. The van der Waals surface area contributed by atoms with Crippen LogP contribution in [0.4, 0.5) is 17.1 Å². The average Bonchev–Trinajstić information content (AvgIpc) is 1.50. The molecule has 6 aromatic carbocycles. The number of rotatable bonds is 6. The van der Waals surface area contributed by atoms with E-state index in [1.807, 2.05) is 75.4 Å². The Kier molecular flexibility index (Phi) is 29.6. The monoisotopic (exact) mass is 2090 g/mol. The summed E-state index contributed by atoms with van der Waals surface area (Å²) in [6.07, 6.45) is 21.6. The van der Waals surface area contributed by atoms with Gasteiger partial charge in [-0.15, -0.1) is 0 Å². The number of amides is 3. The third-order valence-corrected chi connectivity index (χ3v) is 44.2. The molecule has 23 nitrogen and oxygen atoms in total. The Morgan fingerprint density at radius 3 is 0.924 bits per heavy atom. The zero-order chi connectivity index (χ0) is 102. The molecule has 3 amide bonds. The van der Waals surface area contributed by atoms with Crippen LogP contribution in [0.15, 0.2) is 109 Å². The Hall–Kier alpha value is -6.92. The van der Waals surface area contributed by atoms with Crippen molar-refractivity contribution in [2.24, 2.45) is 69.5 Å². The minimum atomic E-state index is -3.93. The number of nitrogens with one attached hydrogen (secondary N) is 3. The van der Waals surface area contributed by atoms with Crippen molar-refractivity contribution < 1.29 is 65.0 Å². The Bertz CT molecular complexity index is 5600. The van der Waals surface area contributed by atoms with Gasteiger partial charge in [-0.05, 0) is 355 Å². The molecule has 3 spiro atoms. The van der Waals surface area contributed by atoms with E-state index < -0.39 is 68.9 Å². The molecule has 9 heterocycles. The second-order valence-electron chi connectivity index (χ2n) is 50.3. The second-order valence-corrected chi connectivity index (χ2v) is 58.1. The number of hydrogen-bond acceptors (Lipinski definition) is 20. The number of benzene rings is 6. The number of sulfonamides is 2. The van der Waals surface area contributed by atoms with Gasteiger partial charge < -0.3 is 44.2 Å². The number of aliphatic hydroxyl groups is 3. The van der Waals surface area contributed by atoms with Gasteiger partial charge in [0.2, 0.25) is 20.0 Å². The highest BCUT2D eigenvalue weighted by atomic mass is 35.5. The fraction of sp³-hybridized carbons (Fsp3) is 0.652. The normalized spacial score (nSPS) is 35.5. The van der Waals surface area contributed by atoms with Crippen LogP contribution in [-0.2, 0) is 65.3 Å². The lowest BCUT2D eigenvalue weighted by atomic mass is 9.62. The molecule has 6 aromatic rings. The molecule has 15 aliphatic rings. The molecule has 1 unspecified atom stereocenters. The molecule has 6 bridgehead atoms. The van der Waals surface area contributed by atoms with E-state index in [9.17, 15) is 50.7 Å². The number of hydrogen-bond donors (Lipinski definition) is 6. The summed E-state index contributed by atoms with van der Waals surface area (Å²) < 4.78 is 95.3. The molecule has 0 radical (unpaired) electrons. The standard InChI is InChI=1S/C39H54ClN3O4S.2C38H52ClN3O5S/c1-26-8-6-17-39(45,24-42-21-37(3,4)22-42)33-13-10-30(33)20-43-23-38(16-7-9-28-18-31(40)12-14-32(28)38)25-47-35-15-11-29(19-34(35)43)36(44)41-48(5,46)27(26)2;2*1-25-7-5-16-38(44,23-41-20-36(3,4)21-41)32-12-9-29(32)19-42-22-37(15-6-8-27-17-30(39)11-13-31(27)37)24-47-34-14-10-28(18-33(34)42)35(43)40-48(45,46)26(25)2/h11-12,14-15,18-19,26-27,30,33,45H,5-10,13,16-17,20-25H2,1-4H3,(H,41,44,46);2*10-11,13-14,17-18,25-26,29,32,44H,5-9,12,15-16,19-24H2,1-4H3,(H,40,43)/t26-,27+,30-,33+,38-,39-,48?;2*25-,26+,29-,32+,37-,38+/m000/s1. The van der Waals surface area contributed by atoms with E-state index in [-0.39, 0.29) is 85.6 Å². The van der Waals surface area contributed by atoms with Crippen LogP contribution in [0.2, 0.25) is 15.1 Å². The molecule has 6 N–H and O–H groups in total. The molecule has 21 rings (SSSR count). The number of β-amino-alcohol motifs (C(OH)–C–C–N with tert-alkyl or cyclic N) is 3. The summed E-state index contributed by atoms with van der Waals surface area (Å²) in [5, 5.41) is 38.3. The van der Waals surface area contributed by atoms with E-state index in [0.29, 0.717) is 118 Å². The number of ether oxygens (including phenoxy) is 3. The largest absolute Gasteiger partial charge is 0.490 e.